The third-order valence-corrected chi connectivity index (χ3v) is 7.05. The third-order valence-electron chi connectivity index (χ3n) is 5.28. The van der Waals surface area contributed by atoms with Crippen molar-refractivity contribution in [1.82, 2.24) is 10.2 Å². The average Bonchev–Trinajstić information content (AvgIpc) is 2.84. The molecular formula is C14H24N3O3S. The van der Waals surface area contributed by atoms with E-state index >= 15 is 0 Å². The van der Waals surface area contributed by atoms with Gasteiger partial charge < -0.3 is 11.1 Å². The molecule has 1 radical (unpaired) electrons. The lowest BCUT2D eigenvalue weighted by molar-refractivity contribution is -0.130. The van der Waals surface area contributed by atoms with E-state index in [0.29, 0.717) is 19.0 Å². The molecule has 0 unspecified atom stereocenters. The first-order valence-corrected chi connectivity index (χ1v) is 9.57. The Morgan fingerprint density at radius 3 is 2.90 bits per heavy atom. The number of rotatable bonds is 5. The summed E-state index contributed by atoms with van der Waals surface area (Å²) in [6, 6.07) is 0.480. The number of nitrogens with two attached hydrogens (primary N) is 1. The van der Waals surface area contributed by atoms with Crippen LogP contribution in [0.3, 0.4) is 0 Å². The van der Waals surface area contributed by atoms with Crippen molar-refractivity contribution in [2.45, 2.75) is 49.7 Å². The number of carbonyl (C=O) groups is 1. The van der Waals surface area contributed by atoms with Crippen molar-refractivity contribution in [3.05, 3.63) is 6.42 Å². The maximum atomic E-state index is 11.9. The van der Waals surface area contributed by atoms with Gasteiger partial charge in [0.05, 0.1) is 11.5 Å². The lowest BCUT2D eigenvalue weighted by Gasteiger charge is -2.42. The fourth-order valence-corrected chi connectivity index (χ4v) is 5.85. The van der Waals surface area contributed by atoms with Crippen LogP contribution in [0.15, 0.2) is 0 Å². The van der Waals surface area contributed by atoms with Gasteiger partial charge >= 0.3 is 0 Å². The summed E-state index contributed by atoms with van der Waals surface area (Å²) < 4.78 is 22.9. The van der Waals surface area contributed by atoms with E-state index in [1.807, 2.05) is 0 Å². The van der Waals surface area contributed by atoms with Crippen LogP contribution in [-0.2, 0) is 14.6 Å². The number of fused-ring (bicyclic) bond motifs is 2. The second kappa shape index (κ2) is 5.52. The van der Waals surface area contributed by atoms with Gasteiger partial charge in [-0.2, -0.15) is 0 Å². The van der Waals surface area contributed by atoms with E-state index in [2.05, 4.69) is 16.6 Å². The summed E-state index contributed by atoms with van der Waals surface area (Å²) in [5.41, 5.74) is 5.17. The number of piperidine rings is 1. The van der Waals surface area contributed by atoms with Crippen LogP contribution in [-0.4, -0.2) is 61.4 Å². The topological polar surface area (TPSA) is 92.5 Å². The molecule has 119 valence electrons. The zero-order valence-electron chi connectivity index (χ0n) is 12.3. The van der Waals surface area contributed by atoms with Gasteiger partial charge in [-0.1, -0.05) is 0 Å². The van der Waals surface area contributed by atoms with Crippen molar-refractivity contribution in [3.8, 4) is 0 Å². The van der Waals surface area contributed by atoms with E-state index in [0.717, 1.165) is 32.2 Å². The van der Waals surface area contributed by atoms with Crippen molar-refractivity contribution in [2.75, 3.05) is 24.6 Å². The summed E-state index contributed by atoms with van der Waals surface area (Å²) in [4.78, 5) is 14.2. The molecule has 3 saturated heterocycles. The minimum Gasteiger partial charge on any atom is -0.368 e. The zero-order valence-corrected chi connectivity index (χ0v) is 13.1. The molecule has 0 aliphatic carbocycles. The molecule has 6 nitrogen and oxygen atoms in total. The number of hydrogen-bond acceptors (Lipinski definition) is 5. The Balaban J connectivity index is 1.56. The predicted molar refractivity (Wildman–Crippen MR) is 80.2 cm³/mol. The highest BCUT2D eigenvalue weighted by atomic mass is 32.2. The SMILES string of the molecule is NC(=O)[C@]12C[CH]C[C@H](CC1)N2CCN[C@@H]1CCS(=O)(=O)C1. The number of primary amides is 1. The van der Waals surface area contributed by atoms with Crippen LogP contribution in [0.25, 0.3) is 0 Å². The van der Waals surface area contributed by atoms with Crippen LogP contribution in [0.5, 0.6) is 0 Å². The normalized spacial score (nSPS) is 38.7. The highest BCUT2D eigenvalue weighted by molar-refractivity contribution is 7.91. The molecule has 3 aliphatic heterocycles. The standard InChI is InChI=1S/C14H24N3O3S/c15-13(18)14-5-1-2-12(3-6-14)17(14)8-7-16-11-4-9-21(19,20)10-11/h1,11-12,16H,2-10H2,(H2,15,18)/t11-,12-,14+/m1/s1. The van der Waals surface area contributed by atoms with E-state index in [-0.39, 0.29) is 23.5 Å². The minimum atomic E-state index is -2.84. The fourth-order valence-electron chi connectivity index (χ4n) is 4.14. The first kappa shape index (κ1) is 15.2. The molecule has 3 fully saturated rings. The predicted octanol–water partition coefficient (Wildman–Crippen LogP) is -0.550. The molecule has 21 heavy (non-hydrogen) atoms. The first-order valence-electron chi connectivity index (χ1n) is 7.75. The van der Waals surface area contributed by atoms with E-state index in [4.69, 9.17) is 5.73 Å². The maximum absolute atomic E-state index is 11.9. The van der Waals surface area contributed by atoms with E-state index in [1.54, 1.807) is 0 Å². The Bertz CT molecular complexity index is 518. The number of amides is 1. The molecule has 1 amide bonds. The van der Waals surface area contributed by atoms with E-state index in [9.17, 15) is 13.2 Å². The first-order chi connectivity index (χ1) is 9.93. The molecule has 0 aromatic carbocycles. The molecule has 3 atom stereocenters. The molecule has 3 N–H and O–H groups in total. The Hall–Kier alpha value is -0.660. The molecule has 3 aliphatic rings. The number of carbonyl (C=O) groups excluding carboxylic acids is 1. The summed E-state index contributed by atoms with van der Waals surface area (Å²) in [7, 11) is -2.84. The van der Waals surface area contributed by atoms with Crippen molar-refractivity contribution in [2.24, 2.45) is 5.73 Å². The molecule has 3 heterocycles. The zero-order chi connectivity index (χ0) is 15.1. The molecule has 2 bridgehead atoms. The van der Waals surface area contributed by atoms with Gasteiger partial charge in [-0.3, -0.25) is 9.69 Å². The molecule has 0 aromatic heterocycles. The van der Waals surface area contributed by atoms with Gasteiger partial charge in [0.25, 0.3) is 0 Å². The molecule has 0 aromatic rings. The van der Waals surface area contributed by atoms with Gasteiger partial charge in [0.1, 0.15) is 5.54 Å². The van der Waals surface area contributed by atoms with Crippen LogP contribution < -0.4 is 11.1 Å². The van der Waals surface area contributed by atoms with Gasteiger partial charge in [-0.05, 0) is 38.5 Å². The third kappa shape index (κ3) is 2.83. The van der Waals surface area contributed by atoms with Crippen LogP contribution in [0.4, 0.5) is 0 Å². The number of nitrogens with one attached hydrogen (secondary N) is 1. The number of hydrogen-bond donors (Lipinski definition) is 2. The van der Waals surface area contributed by atoms with Crippen molar-refractivity contribution >= 4 is 15.7 Å². The smallest absolute Gasteiger partial charge is 0.237 e. The second-order valence-corrected chi connectivity index (χ2v) is 8.79. The minimum absolute atomic E-state index is 0.0635. The van der Waals surface area contributed by atoms with Crippen LogP contribution in [0, 0.1) is 6.42 Å². The highest BCUT2D eigenvalue weighted by Gasteiger charge is 2.52. The van der Waals surface area contributed by atoms with Gasteiger partial charge in [0.2, 0.25) is 5.91 Å². The van der Waals surface area contributed by atoms with Gasteiger partial charge in [-0.15, -0.1) is 0 Å². The second-order valence-electron chi connectivity index (χ2n) is 6.56. The summed E-state index contributed by atoms with van der Waals surface area (Å²) in [5.74, 6) is 0.312. The van der Waals surface area contributed by atoms with Crippen LogP contribution >= 0.6 is 0 Å². The largest absolute Gasteiger partial charge is 0.368 e. The van der Waals surface area contributed by atoms with Gasteiger partial charge in [-0.25, -0.2) is 8.42 Å². The Morgan fingerprint density at radius 1 is 1.43 bits per heavy atom. The Kier molecular flexibility index (Phi) is 4.00. The lowest BCUT2D eigenvalue weighted by Crippen LogP contribution is -2.59. The fraction of sp³-hybridized carbons (Fsp3) is 0.857. The summed E-state index contributed by atoms with van der Waals surface area (Å²) in [6.45, 7) is 1.48. The molecular weight excluding hydrogens is 290 g/mol. The molecule has 0 spiro atoms. The summed E-state index contributed by atoms with van der Waals surface area (Å²) in [6.07, 6.45) is 6.53. The number of sulfone groups is 1. The Labute approximate surface area is 126 Å². The molecule has 0 saturated carbocycles. The van der Waals surface area contributed by atoms with Crippen LogP contribution in [0.2, 0.25) is 0 Å². The summed E-state index contributed by atoms with van der Waals surface area (Å²) >= 11 is 0. The van der Waals surface area contributed by atoms with Gasteiger partial charge in [0.15, 0.2) is 9.84 Å². The van der Waals surface area contributed by atoms with Crippen molar-refractivity contribution < 1.29 is 13.2 Å². The van der Waals surface area contributed by atoms with E-state index < -0.39 is 15.4 Å². The Morgan fingerprint density at radius 2 is 2.24 bits per heavy atom. The monoisotopic (exact) mass is 314 g/mol. The average molecular weight is 314 g/mol. The summed E-state index contributed by atoms with van der Waals surface area (Å²) in [5, 5.41) is 3.33. The van der Waals surface area contributed by atoms with Crippen LogP contribution in [0.1, 0.15) is 32.1 Å². The molecule has 7 heteroatoms. The van der Waals surface area contributed by atoms with Crippen molar-refractivity contribution in [3.63, 3.8) is 0 Å². The number of nitrogens with zero attached hydrogens (tertiary/aromatic N) is 1. The highest BCUT2D eigenvalue weighted by Crippen LogP contribution is 2.43. The molecule has 3 rings (SSSR count). The van der Waals surface area contributed by atoms with Crippen molar-refractivity contribution in [1.29, 1.82) is 0 Å². The quantitative estimate of drug-likeness (QED) is 0.710. The lowest BCUT2D eigenvalue weighted by atomic mass is 9.87. The maximum Gasteiger partial charge on any atom is 0.237 e. The van der Waals surface area contributed by atoms with E-state index in [1.165, 1.54) is 0 Å². The van der Waals surface area contributed by atoms with Gasteiger partial charge in [0, 0.05) is 25.2 Å².